The number of hydrogen-bond acceptors (Lipinski definition) is 3. The van der Waals surface area contributed by atoms with Gasteiger partial charge in [-0.3, -0.25) is 9.69 Å². The van der Waals surface area contributed by atoms with E-state index < -0.39 is 11.5 Å². The number of carbonyl (C=O) groups is 1. The Hall–Kier alpha value is -0.610. The number of carboxylic acids is 1. The van der Waals surface area contributed by atoms with Gasteiger partial charge in [-0.2, -0.15) is 0 Å². The molecule has 0 aliphatic carbocycles. The van der Waals surface area contributed by atoms with Crippen molar-refractivity contribution < 1.29 is 14.6 Å². The zero-order valence-corrected chi connectivity index (χ0v) is 11.4. The summed E-state index contributed by atoms with van der Waals surface area (Å²) in [6, 6.07) is 0. The molecule has 0 bridgehead atoms. The van der Waals surface area contributed by atoms with E-state index in [2.05, 4.69) is 11.8 Å². The summed E-state index contributed by atoms with van der Waals surface area (Å²) < 4.78 is 5.51. The van der Waals surface area contributed by atoms with Crippen LogP contribution in [-0.2, 0) is 9.53 Å². The third-order valence-electron chi connectivity index (χ3n) is 4.42. The fourth-order valence-electron chi connectivity index (χ4n) is 3.51. The Balaban J connectivity index is 2.02. The molecule has 2 rings (SSSR count). The third kappa shape index (κ3) is 2.69. The van der Waals surface area contributed by atoms with Gasteiger partial charge in [0.15, 0.2) is 0 Å². The van der Waals surface area contributed by atoms with E-state index in [0.717, 1.165) is 58.4 Å². The second-order valence-corrected chi connectivity index (χ2v) is 5.72. The summed E-state index contributed by atoms with van der Waals surface area (Å²) in [6.45, 7) is 5.58. The molecule has 0 saturated carbocycles. The molecule has 4 nitrogen and oxygen atoms in total. The SMILES string of the molecule is CCCC1(C(=O)O)CCCN1CC1CCCOC1. The molecule has 2 atom stereocenters. The molecule has 2 saturated heterocycles. The van der Waals surface area contributed by atoms with Gasteiger partial charge in [0.1, 0.15) is 5.54 Å². The summed E-state index contributed by atoms with van der Waals surface area (Å²) in [5, 5.41) is 9.62. The highest BCUT2D eigenvalue weighted by atomic mass is 16.5. The van der Waals surface area contributed by atoms with Crippen molar-refractivity contribution in [1.82, 2.24) is 4.90 Å². The topological polar surface area (TPSA) is 49.8 Å². The lowest BCUT2D eigenvalue weighted by atomic mass is 9.89. The number of nitrogens with zero attached hydrogens (tertiary/aromatic N) is 1. The average molecular weight is 255 g/mol. The number of likely N-dealkylation sites (tertiary alicyclic amines) is 1. The van der Waals surface area contributed by atoms with Gasteiger partial charge >= 0.3 is 5.97 Å². The maximum Gasteiger partial charge on any atom is 0.324 e. The third-order valence-corrected chi connectivity index (χ3v) is 4.42. The van der Waals surface area contributed by atoms with Gasteiger partial charge in [-0.25, -0.2) is 0 Å². The van der Waals surface area contributed by atoms with E-state index in [0.29, 0.717) is 5.92 Å². The summed E-state index contributed by atoms with van der Waals surface area (Å²) in [7, 11) is 0. The van der Waals surface area contributed by atoms with Gasteiger partial charge in [0.2, 0.25) is 0 Å². The van der Waals surface area contributed by atoms with Crippen LogP contribution in [0.1, 0.15) is 45.4 Å². The van der Waals surface area contributed by atoms with Crippen molar-refractivity contribution in [2.24, 2.45) is 5.92 Å². The Morgan fingerprint density at radius 3 is 2.94 bits per heavy atom. The zero-order valence-electron chi connectivity index (χ0n) is 11.4. The van der Waals surface area contributed by atoms with Crippen molar-refractivity contribution in [1.29, 1.82) is 0 Å². The average Bonchev–Trinajstić information content (AvgIpc) is 2.75. The van der Waals surface area contributed by atoms with Gasteiger partial charge < -0.3 is 9.84 Å². The molecule has 2 heterocycles. The van der Waals surface area contributed by atoms with Gasteiger partial charge in [0, 0.05) is 13.2 Å². The first-order valence-corrected chi connectivity index (χ1v) is 7.25. The van der Waals surface area contributed by atoms with E-state index in [4.69, 9.17) is 4.74 Å². The van der Waals surface area contributed by atoms with Crippen molar-refractivity contribution >= 4 is 5.97 Å². The minimum atomic E-state index is -0.626. The Morgan fingerprint density at radius 1 is 1.50 bits per heavy atom. The molecule has 0 aromatic carbocycles. The normalized spacial score (nSPS) is 33.7. The molecule has 104 valence electrons. The summed E-state index contributed by atoms with van der Waals surface area (Å²) in [6.07, 6.45) is 5.83. The Labute approximate surface area is 109 Å². The van der Waals surface area contributed by atoms with E-state index in [-0.39, 0.29) is 0 Å². The Bertz CT molecular complexity index is 289. The summed E-state index contributed by atoms with van der Waals surface area (Å²) in [4.78, 5) is 13.9. The zero-order chi connectivity index (χ0) is 13.0. The van der Waals surface area contributed by atoms with E-state index in [9.17, 15) is 9.90 Å². The lowest BCUT2D eigenvalue weighted by Gasteiger charge is -2.37. The lowest BCUT2D eigenvalue weighted by molar-refractivity contribution is -0.151. The van der Waals surface area contributed by atoms with Crippen LogP contribution < -0.4 is 0 Å². The van der Waals surface area contributed by atoms with Gasteiger partial charge in [-0.1, -0.05) is 13.3 Å². The molecular weight excluding hydrogens is 230 g/mol. The molecule has 0 amide bonds. The molecule has 2 fully saturated rings. The predicted molar refractivity (Wildman–Crippen MR) is 69.6 cm³/mol. The minimum absolute atomic E-state index is 0.521. The van der Waals surface area contributed by atoms with Crippen LogP contribution >= 0.6 is 0 Å². The van der Waals surface area contributed by atoms with Crippen LogP contribution in [0.15, 0.2) is 0 Å². The van der Waals surface area contributed by atoms with Crippen LogP contribution in [0, 0.1) is 5.92 Å². The predicted octanol–water partition coefficient (Wildman–Crippen LogP) is 2.13. The largest absolute Gasteiger partial charge is 0.480 e. The number of hydrogen-bond donors (Lipinski definition) is 1. The standard InChI is InChI=1S/C14H25NO3/c1-2-6-14(13(16)17)7-4-8-15(14)10-12-5-3-9-18-11-12/h12H,2-11H2,1H3,(H,16,17). The van der Waals surface area contributed by atoms with Crippen LogP contribution in [0.25, 0.3) is 0 Å². The molecule has 1 N–H and O–H groups in total. The van der Waals surface area contributed by atoms with Gasteiger partial charge in [-0.15, -0.1) is 0 Å². The number of ether oxygens (including phenoxy) is 1. The first-order chi connectivity index (χ1) is 8.69. The van der Waals surface area contributed by atoms with Gasteiger partial charge in [-0.05, 0) is 44.6 Å². The number of aliphatic carboxylic acids is 1. The van der Waals surface area contributed by atoms with E-state index >= 15 is 0 Å². The number of rotatable bonds is 5. The number of carboxylic acid groups (broad SMARTS) is 1. The molecule has 0 spiro atoms. The second kappa shape index (κ2) is 6.02. The van der Waals surface area contributed by atoms with E-state index in [1.54, 1.807) is 0 Å². The van der Waals surface area contributed by atoms with E-state index in [1.807, 2.05) is 0 Å². The molecule has 0 aromatic heterocycles. The first-order valence-electron chi connectivity index (χ1n) is 7.25. The Morgan fingerprint density at radius 2 is 2.33 bits per heavy atom. The van der Waals surface area contributed by atoms with Crippen LogP contribution in [0.5, 0.6) is 0 Å². The van der Waals surface area contributed by atoms with Crippen molar-refractivity contribution in [3.63, 3.8) is 0 Å². The molecule has 2 aliphatic heterocycles. The smallest absolute Gasteiger partial charge is 0.324 e. The van der Waals surface area contributed by atoms with Crippen LogP contribution in [0.4, 0.5) is 0 Å². The summed E-state index contributed by atoms with van der Waals surface area (Å²) in [5.74, 6) is -0.106. The minimum Gasteiger partial charge on any atom is -0.480 e. The highest BCUT2D eigenvalue weighted by molar-refractivity contribution is 5.79. The monoisotopic (exact) mass is 255 g/mol. The highest BCUT2D eigenvalue weighted by Crippen LogP contribution is 2.35. The molecule has 0 radical (unpaired) electrons. The van der Waals surface area contributed by atoms with Crippen LogP contribution in [-0.4, -0.2) is 47.8 Å². The van der Waals surface area contributed by atoms with Crippen LogP contribution in [0.3, 0.4) is 0 Å². The highest BCUT2D eigenvalue weighted by Gasteiger charge is 2.47. The van der Waals surface area contributed by atoms with Crippen molar-refractivity contribution in [2.45, 2.75) is 51.0 Å². The molecule has 4 heteroatoms. The van der Waals surface area contributed by atoms with Crippen molar-refractivity contribution in [3.8, 4) is 0 Å². The van der Waals surface area contributed by atoms with Gasteiger partial charge in [0.25, 0.3) is 0 Å². The quantitative estimate of drug-likeness (QED) is 0.817. The van der Waals surface area contributed by atoms with Crippen molar-refractivity contribution in [2.75, 3.05) is 26.3 Å². The Kier molecular flexibility index (Phi) is 4.62. The fourth-order valence-corrected chi connectivity index (χ4v) is 3.51. The molecular formula is C14H25NO3. The van der Waals surface area contributed by atoms with E-state index in [1.165, 1.54) is 6.42 Å². The molecule has 0 aromatic rings. The first kappa shape index (κ1) is 13.8. The second-order valence-electron chi connectivity index (χ2n) is 5.72. The maximum atomic E-state index is 11.7. The molecule has 2 unspecified atom stereocenters. The van der Waals surface area contributed by atoms with Crippen molar-refractivity contribution in [3.05, 3.63) is 0 Å². The molecule has 2 aliphatic rings. The fraction of sp³-hybridized carbons (Fsp3) is 0.929. The maximum absolute atomic E-state index is 11.7. The van der Waals surface area contributed by atoms with Crippen LogP contribution in [0.2, 0.25) is 0 Å². The summed E-state index contributed by atoms with van der Waals surface area (Å²) in [5.41, 5.74) is -0.591. The summed E-state index contributed by atoms with van der Waals surface area (Å²) >= 11 is 0. The lowest BCUT2D eigenvalue weighted by Crippen LogP contribution is -2.52. The van der Waals surface area contributed by atoms with Gasteiger partial charge in [0.05, 0.1) is 6.61 Å². The molecule has 18 heavy (non-hydrogen) atoms.